The van der Waals surface area contributed by atoms with Crippen molar-refractivity contribution in [2.45, 2.75) is 45.6 Å². The molecule has 6 heteroatoms. The molecule has 1 aromatic heterocycles. The maximum atomic E-state index is 12.6. The van der Waals surface area contributed by atoms with Crippen molar-refractivity contribution in [1.82, 2.24) is 10.3 Å². The molecule has 1 fully saturated rings. The van der Waals surface area contributed by atoms with Crippen LogP contribution in [0.1, 0.15) is 54.1 Å². The summed E-state index contributed by atoms with van der Waals surface area (Å²) in [5.41, 5.74) is 3.59. The SMILES string of the molecule is CC(=O)N1CCc2cc(C(=O)NCc3ccc(N4CCCCCC4)nc3)ccc21. The Morgan fingerprint density at radius 1 is 1.03 bits per heavy atom. The molecule has 29 heavy (non-hydrogen) atoms. The van der Waals surface area contributed by atoms with Crippen molar-refractivity contribution in [1.29, 1.82) is 0 Å². The van der Waals surface area contributed by atoms with Crippen molar-refractivity contribution in [3.05, 3.63) is 53.2 Å². The molecule has 0 bridgehead atoms. The Morgan fingerprint density at radius 3 is 2.52 bits per heavy atom. The van der Waals surface area contributed by atoms with E-state index in [-0.39, 0.29) is 11.8 Å². The lowest BCUT2D eigenvalue weighted by Crippen LogP contribution is -2.26. The normalized spacial score (nSPS) is 16.3. The van der Waals surface area contributed by atoms with E-state index >= 15 is 0 Å². The van der Waals surface area contributed by atoms with E-state index in [0.29, 0.717) is 18.7 Å². The smallest absolute Gasteiger partial charge is 0.251 e. The number of benzene rings is 1. The van der Waals surface area contributed by atoms with E-state index in [1.807, 2.05) is 24.4 Å². The molecular weight excluding hydrogens is 364 g/mol. The van der Waals surface area contributed by atoms with Crippen molar-refractivity contribution in [3.63, 3.8) is 0 Å². The van der Waals surface area contributed by atoms with Gasteiger partial charge >= 0.3 is 0 Å². The fourth-order valence-corrected chi connectivity index (χ4v) is 4.16. The molecule has 6 nitrogen and oxygen atoms in total. The summed E-state index contributed by atoms with van der Waals surface area (Å²) in [5, 5.41) is 2.98. The quantitative estimate of drug-likeness (QED) is 0.867. The molecule has 0 atom stereocenters. The molecule has 0 saturated carbocycles. The summed E-state index contributed by atoms with van der Waals surface area (Å²) in [6, 6.07) is 9.65. The second-order valence-electron chi connectivity index (χ2n) is 7.87. The first kappa shape index (κ1) is 19.4. The topological polar surface area (TPSA) is 65.5 Å². The predicted octanol–water partition coefficient (Wildman–Crippen LogP) is 3.30. The van der Waals surface area contributed by atoms with Crippen molar-refractivity contribution >= 4 is 23.3 Å². The van der Waals surface area contributed by atoms with Gasteiger partial charge in [-0.25, -0.2) is 4.98 Å². The lowest BCUT2D eigenvalue weighted by molar-refractivity contribution is -0.116. The molecule has 0 aliphatic carbocycles. The first-order chi connectivity index (χ1) is 14.1. The molecule has 3 heterocycles. The second-order valence-corrected chi connectivity index (χ2v) is 7.87. The summed E-state index contributed by atoms with van der Waals surface area (Å²) < 4.78 is 0. The zero-order valence-corrected chi connectivity index (χ0v) is 17.0. The Morgan fingerprint density at radius 2 is 1.83 bits per heavy atom. The number of carbonyl (C=O) groups is 2. The highest BCUT2D eigenvalue weighted by Gasteiger charge is 2.23. The Labute approximate surface area is 171 Å². The third kappa shape index (κ3) is 4.42. The van der Waals surface area contributed by atoms with E-state index in [1.165, 1.54) is 25.7 Å². The number of anilines is 2. The Kier molecular flexibility index (Phi) is 5.79. The van der Waals surface area contributed by atoms with Crippen LogP contribution in [0, 0.1) is 0 Å². The molecule has 0 spiro atoms. The van der Waals surface area contributed by atoms with Crippen LogP contribution in [0.5, 0.6) is 0 Å². The molecule has 1 saturated heterocycles. The van der Waals surface area contributed by atoms with Crippen LogP contribution in [-0.2, 0) is 17.8 Å². The number of aromatic nitrogens is 1. The minimum atomic E-state index is -0.106. The summed E-state index contributed by atoms with van der Waals surface area (Å²) in [5.74, 6) is 0.957. The van der Waals surface area contributed by atoms with Gasteiger partial charge in [0.2, 0.25) is 5.91 Å². The van der Waals surface area contributed by atoms with Gasteiger partial charge in [0.05, 0.1) is 0 Å². The van der Waals surface area contributed by atoms with Gasteiger partial charge < -0.3 is 15.1 Å². The van der Waals surface area contributed by atoms with Gasteiger partial charge in [-0.2, -0.15) is 0 Å². The molecule has 2 aliphatic heterocycles. The fourth-order valence-electron chi connectivity index (χ4n) is 4.16. The van der Waals surface area contributed by atoms with Gasteiger partial charge in [0.25, 0.3) is 5.91 Å². The van der Waals surface area contributed by atoms with E-state index in [4.69, 9.17) is 0 Å². The summed E-state index contributed by atoms with van der Waals surface area (Å²) in [6.07, 6.45) is 7.70. The monoisotopic (exact) mass is 392 g/mol. The van der Waals surface area contributed by atoms with Crippen LogP contribution < -0.4 is 15.1 Å². The zero-order chi connectivity index (χ0) is 20.2. The number of nitrogens with one attached hydrogen (secondary N) is 1. The Bertz CT molecular complexity index is 886. The van der Waals surface area contributed by atoms with E-state index < -0.39 is 0 Å². The maximum absolute atomic E-state index is 12.6. The van der Waals surface area contributed by atoms with E-state index in [9.17, 15) is 9.59 Å². The number of hydrogen-bond donors (Lipinski definition) is 1. The summed E-state index contributed by atoms with van der Waals surface area (Å²) in [4.78, 5) is 32.9. The lowest BCUT2D eigenvalue weighted by atomic mass is 10.1. The van der Waals surface area contributed by atoms with Gasteiger partial charge in [-0.15, -0.1) is 0 Å². The third-order valence-electron chi connectivity index (χ3n) is 5.81. The van der Waals surface area contributed by atoms with Crippen LogP contribution in [0.4, 0.5) is 11.5 Å². The van der Waals surface area contributed by atoms with Gasteiger partial charge in [-0.1, -0.05) is 18.9 Å². The highest BCUT2D eigenvalue weighted by Crippen LogP contribution is 2.29. The summed E-state index contributed by atoms with van der Waals surface area (Å²) >= 11 is 0. The molecule has 1 aromatic carbocycles. The average molecular weight is 393 g/mol. The Balaban J connectivity index is 1.35. The predicted molar refractivity (Wildman–Crippen MR) is 114 cm³/mol. The van der Waals surface area contributed by atoms with E-state index in [1.54, 1.807) is 17.9 Å². The largest absolute Gasteiger partial charge is 0.357 e. The van der Waals surface area contributed by atoms with Crippen LogP contribution in [-0.4, -0.2) is 36.4 Å². The molecule has 2 amide bonds. The molecule has 2 aromatic rings. The number of rotatable bonds is 4. The number of nitrogens with zero attached hydrogens (tertiary/aromatic N) is 3. The number of amides is 2. The van der Waals surface area contributed by atoms with Crippen molar-refractivity contribution < 1.29 is 9.59 Å². The van der Waals surface area contributed by atoms with Gasteiger partial charge in [0.1, 0.15) is 5.82 Å². The molecule has 0 unspecified atom stereocenters. The van der Waals surface area contributed by atoms with Crippen LogP contribution in [0.3, 0.4) is 0 Å². The molecule has 0 radical (unpaired) electrons. The first-order valence-electron chi connectivity index (χ1n) is 10.5. The maximum Gasteiger partial charge on any atom is 0.251 e. The average Bonchev–Trinajstić information content (AvgIpc) is 2.97. The molecule has 1 N–H and O–H groups in total. The number of fused-ring (bicyclic) bond motifs is 1. The van der Waals surface area contributed by atoms with E-state index in [0.717, 1.165) is 42.1 Å². The van der Waals surface area contributed by atoms with Gasteiger partial charge in [-0.05, 0) is 54.7 Å². The number of pyridine rings is 1. The minimum Gasteiger partial charge on any atom is -0.357 e. The number of carbonyl (C=O) groups excluding carboxylic acids is 2. The second kappa shape index (κ2) is 8.64. The van der Waals surface area contributed by atoms with Gasteiger partial charge in [0, 0.05) is 50.6 Å². The molecule has 152 valence electrons. The number of hydrogen-bond acceptors (Lipinski definition) is 4. The standard InChI is InChI=1S/C23H28N4O2/c1-17(28)27-13-10-19-14-20(7-8-21(19)27)23(29)25-16-18-6-9-22(24-15-18)26-11-4-2-3-5-12-26/h6-9,14-15H,2-5,10-13,16H2,1H3,(H,25,29). The van der Waals surface area contributed by atoms with Crippen LogP contribution in [0.25, 0.3) is 0 Å². The summed E-state index contributed by atoms with van der Waals surface area (Å²) in [7, 11) is 0. The fraction of sp³-hybridized carbons (Fsp3) is 0.435. The first-order valence-corrected chi connectivity index (χ1v) is 10.5. The minimum absolute atomic E-state index is 0.0390. The van der Waals surface area contributed by atoms with Crippen LogP contribution in [0.2, 0.25) is 0 Å². The van der Waals surface area contributed by atoms with Crippen LogP contribution >= 0.6 is 0 Å². The zero-order valence-electron chi connectivity index (χ0n) is 17.0. The van der Waals surface area contributed by atoms with Crippen LogP contribution in [0.15, 0.2) is 36.5 Å². The van der Waals surface area contributed by atoms with Gasteiger partial charge in [0.15, 0.2) is 0 Å². The molecule has 2 aliphatic rings. The van der Waals surface area contributed by atoms with E-state index in [2.05, 4.69) is 21.3 Å². The van der Waals surface area contributed by atoms with Crippen molar-refractivity contribution in [3.8, 4) is 0 Å². The van der Waals surface area contributed by atoms with Crippen molar-refractivity contribution in [2.75, 3.05) is 29.4 Å². The summed E-state index contributed by atoms with van der Waals surface area (Å²) in [6.45, 7) is 4.85. The highest BCUT2D eigenvalue weighted by molar-refractivity contribution is 5.97. The highest BCUT2D eigenvalue weighted by atomic mass is 16.2. The Hall–Kier alpha value is -2.89. The molecule has 4 rings (SSSR count). The molecular formula is C23H28N4O2. The lowest BCUT2D eigenvalue weighted by Gasteiger charge is -2.21. The van der Waals surface area contributed by atoms with Crippen molar-refractivity contribution in [2.24, 2.45) is 0 Å². The van der Waals surface area contributed by atoms with Gasteiger partial charge in [-0.3, -0.25) is 9.59 Å². The third-order valence-corrected chi connectivity index (χ3v) is 5.81.